The second kappa shape index (κ2) is 3.78. The number of halogens is 2. The summed E-state index contributed by atoms with van der Waals surface area (Å²) in [6, 6.07) is 7.26. The van der Waals surface area contributed by atoms with Crippen LogP contribution in [-0.2, 0) is 0 Å². The van der Waals surface area contributed by atoms with Crippen LogP contribution in [0, 0.1) is 3.57 Å². The summed E-state index contributed by atoms with van der Waals surface area (Å²) in [6.07, 6.45) is 0. The first-order valence-corrected chi connectivity index (χ1v) is 5.30. The molecule has 0 saturated heterocycles. The maximum absolute atomic E-state index is 5.88. The SMILES string of the molecule is Nc1cc(-c2cc(Cl)ccc2I)no1. The Hall–Kier alpha value is -0.750. The van der Waals surface area contributed by atoms with Crippen LogP contribution in [0.2, 0.25) is 5.02 Å². The molecule has 0 radical (unpaired) electrons. The number of aromatic nitrogens is 1. The third kappa shape index (κ3) is 1.85. The van der Waals surface area contributed by atoms with Crippen molar-refractivity contribution in [2.75, 3.05) is 5.73 Å². The number of anilines is 1. The molecule has 1 aromatic carbocycles. The average molecular weight is 321 g/mol. The number of benzene rings is 1. The predicted molar refractivity (Wildman–Crippen MR) is 64.1 cm³/mol. The van der Waals surface area contributed by atoms with Crippen molar-refractivity contribution < 1.29 is 4.52 Å². The van der Waals surface area contributed by atoms with E-state index in [0.29, 0.717) is 16.6 Å². The van der Waals surface area contributed by atoms with Crippen LogP contribution >= 0.6 is 34.2 Å². The number of hydrogen-bond acceptors (Lipinski definition) is 3. The average Bonchev–Trinajstić information content (AvgIpc) is 2.56. The van der Waals surface area contributed by atoms with Gasteiger partial charge >= 0.3 is 0 Å². The minimum atomic E-state index is 0.302. The van der Waals surface area contributed by atoms with Gasteiger partial charge in [-0.2, -0.15) is 0 Å². The highest BCUT2D eigenvalue weighted by molar-refractivity contribution is 14.1. The lowest BCUT2D eigenvalue weighted by Gasteiger charge is -1.99. The Balaban J connectivity index is 2.55. The summed E-state index contributed by atoms with van der Waals surface area (Å²) in [4.78, 5) is 0. The molecule has 14 heavy (non-hydrogen) atoms. The van der Waals surface area contributed by atoms with Gasteiger partial charge in [0.25, 0.3) is 0 Å². The molecule has 3 nitrogen and oxygen atoms in total. The summed E-state index contributed by atoms with van der Waals surface area (Å²) in [5.41, 5.74) is 7.07. The molecule has 2 rings (SSSR count). The molecule has 0 spiro atoms. The molecule has 0 atom stereocenters. The van der Waals surface area contributed by atoms with Crippen LogP contribution in [0.1, 0.15) is 0 Å². The van der Waals surface area contributed by atoms with E-state index < -0.39 is 0 Å². The largest absolute Gasteiger partial charge is 0.368 e. The number of hydrogen-bond donors (Lipinski definition) is 1. The van der Waals surface area contributed by atoms with Gasteiger partial charge in [0, 0.05) is 20.2 Å². The van der Waals surface area contributed by atoms with Gasteiger partial charge in [0.1, 0.15) is 5.69 Å². The molecule has 0 aliphatic carbocycles. The fraction of sp³-hybridized carbons (Fsp3) is 0. The highest BCUT2D eigenvalue weighted by Crippen LogP contribution is 2.28. The van der Waals surface area contributed by atoms with Gasteiger partial charge in [-0.25, -0.2) is 0 Å². The van der Waals surface area contributed by atoms with Crippen LogP contribution in [0.5, 0.6) is 0 Å². The Labute approximate surface area is 99.4 Å². The van der Waals surface area contributed by atoms with E-state index in [4.69, 9.17) is 21.9 Å². The number of rotatable bonds is 1. The summed E-state index contributed by atoms with van der Waals surface area (Å²) in [5.74, 6) is 0.302. The van der Waals surface area contributed by atoms with Crippen molar-refractivity contribution in [3.8, 4) is 11.3 Å². The Morgan fingerprint density at radius 3 is 2.79 bits per heavy atom. The Morgan fingerprint density at radius 2 is 2.14 bits per heavy atom. The first-order valence-electron chi connectivity index (χ1n) is 3.84. The maximum Gasteiger partial charge on any atom is 0.222 e. The quantitative estimate of drug-likeness (QED) is 0.821. The smallest absolute Gasteiger partial charge is 0.222 e. The summed E-state index contributed by atoms with van der Waals surface area (Å²) in [6.45, 7) is 0. The highest BCUT2D eigenvalue weighted by atomic mass is 127. The molecule has 0 saturated carbocycles. The molecule has 0 amide bonds. The number of nitrogens with two attached hydrogens (primary N) is 1. The summed E-state index contributed by atoms with van der Waals surface area (Å²) in [7, 11) is 0. The van der Waals surface area contributed by atoms with Crippen molar-refractivity contribution in [3.63, 3.8) is 0 Å². The van der Waals surface area contributed by atoms with E-state index >= 15 is 0 Å². The van der Waals surface area contributed by atoms with Crippen LogP contribution in [0.4, 0.5) is 5.88 Å². The minimum absolute atomic E-state index is 0.302. The van der Waals surface area contributed by atoms with Gasteiger partial charge in [0.15, 0.2) is 0 Å². The van der Waals surface area contributed by atoms with Crippen molar-refractivity contribution >= 4 is 40.1 Å². The maximum atomic E-state index is 5.88. The van der Waals surface area contributed by atoms with Crippen LogP contribution in [-0.4, -0.2) is 5.16 Å². The Morgan fingerprint density at radius 1 is 1.36 bits per heavy atom. The molecule has 1 aromatic heterocycles. The zero-order valence-electron chi connectivity index (χ0n) is 7.00. The van der Waals surface area contributed by atoms with Crippen molar-refractivity contribution in [3.05, 3.63) is 32.9 Å². The van der Waals surface area contributed by atoms with E-state index in [9.17, 15) is 0 Å². The first kappa shape index (κ1) is 9.79. The van der Waals surface area contributed by atoms with Gasteiger partial charge in [-0.05, 0) is 40.8 Å². The number of nitrogen functional groups attached to an aromatic ring is 1. The van der Waals surface area contributed by atoms with E-state index in [1.54, 1.807) is 6.07 Å². The van der Waals surface area contributed by atoms with Crippen LogP contribution < -0.4 is 5.73 Å². The summed E-state index contributed by atoms with van der Waals surface area (Å²) < 4.78 is 5.85. The monoisotopic (exact) mass is 320 g/mol. The topological polar surface area (TPSA) is 52.0 Å². The van der Waals surface area contributed by atoms with Gasteiger partial charge < -0.3 is 10.3 Å². The molecular weight excluding hydrogens is 314 g/mol. The molecule has 0 aliphatic heterocycles. The summed E-state index contributed by atoms with van der Waals surface area (Å²) >= 11 is 8.09. The molecule has 2 N–H and O–H groups in total. The second-order valence-electron chi connectivity index (χ2n) is 2.74. The van der Waals surface area contributed by atoms with Crippen LogP contribution in [0.15, 0.2) is 28.8 Å². The van der Waals surface area contributed by atoms with Gasteiger partial charge in [-0.3, -0.25) is 0 Å². The molecule has 0 aliphatic rings. The van der Waals surface area contributed by atoms with Crippen molar-refractivity contribution in [2.45, 2.75) is 0 Å². The van der Waals surface area contributed by atoms with Crippen LogP contribution in [0.3, 0.4) is 0 Å². The third-order valence-electron chi connectivity index (χ3n) is 1.73. The van der Waals surface area contributed by atoms with Crippen molar-refractivity contribution in [1.29, 1.82) is 0 Å². The minimum Gasteiger partial charge on any atom is -0.368 e. The molecule has 0 bridgehead atoms. The van der Waals surface area contributed by atoms with Crippen molar-refractivity contribution in [1.82, 2.24) is 5.16 Å². The van der Waals surface area contributed by atoms with Crippen LogP contribution in [0.25, 0.3) is 11.3 Å². The predicted octanol–water partition coefficient (Wildman–Crippen LogP) is 3.18. The van der Waals surface area contributed by atoms with E-state index in [2.05, 4.69) is 27.7 Å². The van der Waals surface area contributed by atoms with E-state index in [1.807, 2.05) is 18.2 Å². The van der Waals surface area contributed by atoms with E-state index in [-0.39, 0.29) is 0 Å². The molecule has 1 heterocycles. The molecule has 0 unspecified atom stereocenters. The van der Waals surface area contributed by atoms with Crippen molar-refractivity contribution in [2.24, 2.45) is 0 Å². The standard InChI is InChI=1S/C9H6ClIN2O/c10-5-1-2-7(11)6(3-5)8-4-9(12)14-13-8/h1-4H,12H2. The van der Waals surface area contributed by atoms with E-state index in [1.165, 1.54) is 0 Å². The number of nitrogens with zero attached hydrogens (tertiary/aromatic N) is 1. The van der Waals surface area contributed by atoms with Gasteiger partial charge in [-0.1, -0.05) is 16.8 Å². The second-order valence-corrected chi connectivity index (χ2v) is 4.34. The molecule has 0 fully saturated rings. The lowest BCUT2D eigenvalue weighted by atomic mass is 10.1. The Bertz CT molecular complexity index is 470. The fourth-order valence-corrected chi connectivity index (χ4v) is 1.89. The molecule has 5 heteroatoms. The van der Waals surface area contributed by atoms with Gasteiger partial charge in [0.05, 0.1) is 0 Å². The molecule has 72 valence electrons. The zero-order valence-corrected chi connectivity index (χ0v) is 9.91. The normalized spacial score (nSPS) is 10.4. The molecular formula is C9H6ClIN2O. The zero-order chi connectivity index (χ0) is 10.1. The third-order valence-corrected chi connectivity index (χ3v) is 2.91. The molecule has 2 aromatic rings. The summed E-state index contributed by atoms with van der Waals surface area (Å²) in [5, 5.41) is 4.49. The lowest BCUT2D eigenvalue weighted by molar-refractivity contribution is 0.439. The Kier molecular flexibility index (Phi) is 2.64. The highest BCUT2D eigenvalue weighted by Gasteiger charge is 2.08. The van der Waals surface area contributed by atoms with Gasteiger partial charge in [-0.15, -0.1) is 0 Å². The van der Waals surface area contributed by atoms with Gasteiger partial charge in [0.2, 0.25) is 5.88 Å². The lowest BCUT2D eigenvalue weighted by Crippen LogP contribution is -1.82. The van der Waals surface area contributed by atoms with E-state index in [0.717, 1.165) is 9.13 Å². The fourth-order valence-electron chi connectivity index (χ4n) is 1.11. The first-order chi connectivity index (χ1) is 6.66.